The van der Waals surface area contributed by atoms with Crippen molar-refractivity contribution in [3.8, 4) is 0 Å². The predicted molar refractivity (Wildman–Crippen MR) is 55.1 cm³/mol. The Bertz CT molecular complexity index is 179. The molecule has 0 aromatic rings. The van der Waals surface area contributed by atoms with Gasteiger partial charge in [0, 0.05) is 27.2 Å². The third-order valence-corrected chi connectivity index (χ3v) is 2.65. The maximum atomic E-state index is 11.8. The first-order valence-corrected chi connectivity index (χ1v) is 5.20. The number of carbonyl (C=O) groups excluding carboxylic acids is 1. The molecule has 1 rings (SSSR count). The summed E-state index contributed by atoms with van der Waals surface area (Å²) in [7, 11) is 3.50. The molecule has 1 heterocycles. The summed E-state index contributed by atoms with van der Waals surface area (Å²) in [4.78, 5) is 13.6. The quantitative estimate of drug-likeness (QED) is 0.699. The van der Waals surface area contributed by atoms with Crippen LogP contribution in [0, 0.1) is 5.92 Å². The summed E-state index contributed by atoms with van der Waals surface area (Å²) in [5.41, 5.74) is 0. The molecule has 4 heteroatoms. The highest BCUT2D eigenvalue weighted by Crippen LogP contribution is 2.12. The normalized spacial score (nSPS) is 22.0. The van der Waals surface area contributed by atoms with E-state index < -0.39 is 0 Å². The van der Waals surface area contributed by atoms with Gasteiger partial charge in [-0.1, -0.05) is 0 Å². The van der Waals surface area contributed by atoms with E-state index in [2.05, 4.69) is 5.32 Å². The van der Waals surface area contributed by atoms with Gasteiger partial charge in [-0.05, 0) is 19.4 Å². The lowest BCUT2D eigenvalue weighted by Gasteiger charge is -2.26. The van der Waals surface area contributed by atoms with Gasteiger partial charge >= 0.3 is 0 Å². The van der Waals surface area contributed by atoms with Gasteiger partial charge in [0.25, 0.3) is 0 Å². The molecule has 1 fully saturated rings. The van der Waals surface area contributed by atoms with Gasteiger partial charge in [0.15, 0.2) is 0 Å². The van der Waals surface area contributed by atoms with E-state index in [4.69, 9.17) is 4.74 Å². The van der Waals surface area contributed by atoms with Crippen LogP contribution < -0.4 is 5.32 Å². The molecule has 0 aromatic carbocycles. The Kier molecular flexibility index (Phi) is 4.90. The van der Waals surface area contributed by atoms with Crippen LogP contribution in [0.5, 0.6) is 0 Å². The summed E-state index contributed by atoms with van der Waals surface area (Å²) in [6.07, 6.45) is 2.12. The molecule has 1 aliphatic heterocycles. The van der Waals surface area contributed by atoms with Crippen LogP contribution >= 0.6 is 0 Å². The van der Waals surface area contributed by atoms with E-state index in [0.717, 1.165) is 25.9 Å². The number of ether oxygens (including phenoxy) is 1. The van der Waals surface area contributed by atoms with Crippen LogP contribution in [0.15, 0.2) is 0 Å². The molecule has 1 saturated heterocycles. The molecule has 0 spiro atoms. The number of nitrogens with zero attached hydrogens (tertiary/aromatic N) is 1. The van der Waals surface area contributed by atoms with E-state index in [1.54, 1.807) is 12.0 Å². The standard InChI is InChI=1S/C10H20N2O2/c1-12(6-7-14-2)10(13)9-4-3-5-11-8-9/h9,11H,3-8H2,1-2H3/t9-/m1/s1. The van der Waals surface area contributed by atoms with Gasteiger partial charge in [-0.2, -0.15) is 0 Å². The van der Waals surface area contributed by atoms with E-state index in [9.17, 15) is 4.79 Å². The van der Waals surface area contributed by atoms with Crippen molar-refractivity contribution in [1.29, 1.82) is 0 Å². The summed E-state index contributed by atoms with van der Waals surface area (Å²) in [5, 5.41) is 3.25. The van der Waals surface area contributed by atoms with E-state index in [1.807, 2.05) is 7.05 Å². The van der Waals surface area contributed by atoms with Gasteiger partial charge in [0.1, 0.15) is 0 Å². The smallest absolute Gasteiger partial charge is 0.226 e. The van der Waals surface area contributed by atoms with Gasteiger partial charge < -0.3 is 15.0 Å². The fourth-order valence-corrected chi connectivity index (χ4v) is 1.71. The zero-order valence-electron chi connectivity index (χ0n) is 9.08. The Morgan fingerprint density at radius 2 is 2.43 bits per heavy atom. The summed E-state index contributed by atoms with van der Waals surface area (Å²) in [6.45, 7) is 3.18. The Labute approximate surface area is 85.6 Å². The number of hydrogen-bond acceptors (Lipinski definition) is 3. The number of rotatable bonds is 4. The molecule has 0 radical (unpaired) electrons. The van der Waals surface area contributed by atoms with Crippen LogP contribution in [0.1, 0.15) is 12.8 Å². The molecule has 0 saturated carbocycles. The predicted octanol–water partition coefficient (Wildman–Crippen LogP) is 0.0908. The van der Waals surface area contributed by atoms with Crippen molar-refractivity contribution in [3.05, 3.63) is 0 Å². The van der Waals surface area contributed by atoms with Crippen molar-refractivity contribution in [2.75, 3.05) is 40.4 Å². The SMILES string of the molecule is COCCN(C)C(=O)[C@@H]1CCCNC1. The highest BCUT2D eigenvalue weighted by molar-refractivity contribution is 5.78. The van der Waals surface area contributed by atoms with Crippen molar-refractivity contribution in [2.45, 2.75) is 12.8 Å². The van der Waals surface area contributed by atoms with Crippen LogP contribution in [0.4, 0.5) is 0 Å². The molecule has 0 aromatic heterocycles. The fourth-order valence-electron chi connectivity index (χ4n) is 1.71. The third-order valence-electron chi connectivity index (χ3n) is 2.65. The third kappa shape index (κ3) is 3.27. The van der Waals surface area contributed by atoms with Crippen LogP contribution in [0.2, 0.25) is 0 Å². The van der Waals surface area contributed by atoms with Gasteiger partial charge in [0.05, 0.1) is 12.5 Å². The average Bonchev–Trinajstić information content (AvgIpc) is 2.26. The summed E-state index contributed by atoms with van der Waals surface area (Å²) in [6, 6.07) is 0. The van der Waals surface area contributed by atoms with Crippen LogP contribution in [-0.2, 0) is 9.53 Å². The van der Waals surface area contributed by atoms with Crippen LogP contribution in [0.3, 0.4) is 0 Å². The van der Waals surface area contributed by atoms with E-state index >= 15 is 0 Å². The number of nitrogens with one attached hydrogen (secondary N) is 1. The Balaban J connectivity index is 2.30. The van der Waals surface area contributed by atoms with Gasteiger partial charge in [-0.25, -0.2) is 0 Å². The molecule has 0 bridgehead atoms. The first kappa shape index (κ1) is 11.5. The molecule has 1 amide bonds. The first-order chi connectivity index (χ1) is 6.75. The lowest BCUT2D eigenvalue weighted by atomic mass is 9.98. The largest absolute Gasteiger partial charge is 0.383 e. The van der Waals surface area contributed by atoms with Gasteiger partial charge in [-0.15, -0.1) is 0 Å². The molecule has 14 heavy (non-hydrogen) atoms. The molecule has 1 atom stereocenters. The number of amides is 1. The van der Waals surface area contributed by atoms with Crippen molar-refractivity contribution < 1.29 is 9.53 Å². The zero-order chi connectivity index (χ0) is 10.4. The van der Waals surface area contributed by atoms with E-state index in [1.165, 1.54) is 0 Å². The summed E-state index contributed by atoms with van der Waals surface area (Å²) >= 11 is 0. The minimum atomic E-state index is 0.172. The molecular formula is C10H20N2O2. The number of methoxy groups -OCH3 is 1. The summed E-state index contributed by atoms with van der Waals surface area (Å²) < 4.78 is 4.94. The van der Waals surface area contributed by atoms with Crippen molar-refractivity contribution in [2.24, 2.45) is 5.92 Å². The topological polar surface area (TPSA) is 41.6 Å². The maximum absolute atomic E-state index is 11.8. The van der Waals surface area contributed by atoms with E-state index in [-0.39, 0.29) is 11.8 Å². The van der Waals surface area contributed by atoms with Crippen LogP contribution in [-0.4, -0.2) is 51.2 Å². The highest BCUT2D eigenvalue weighted by atomic mass is 16.5. The lowest BCUT2D eigenvalue weighted by Crippen LogP contribution is -2.42. The minimum absolute atomic E-state index is 0.172. The second-order valence-electron chi connectivity index (χ2n) is 3.80. The highest BCUT2D eigenvalue weighted by Gasteiger charge is 2.23. The molecule has 0 unspecified atom stereocenters. The molecule has 0 aliphatic carbocycles. The average molecular weight is 200 g/mol. The Morgan fingerprint density at radius 3 is 3.00 bits per heavy atom. The Hall–Kier alpha value is -0.610. The second-order valence-corrected chi connectivity index (χ2v) is 3.80. The number of piperidine rings is 1. The van der Waals surface area contributed by atoms with E-state index in [0.29, 0.717) is 13.2 Å². The molecule has 4 nitrogen and oxygen atoms in total. The first-order valence-electron chi connectivity index (χ1n) is 5.20. The molecule has 82 valence electrons. The van der Waals surface area contributed by atoms with Crippen molar-refractivity contribution in [1.82, 2.24) is 10.2 Å². The molecular weight excluding hydrogens is 180 g/mol. The number of carbonyl (C=O) groups is 1. The fraction of sp³-hybridized carbons (Fsp3) is 0.900. The van der Waals surface area contributed by atoms with Gasteiger partial charge in [-0.3, -0.25) is 4.79 Å². The zero-order valence-corrected chi connectivity index (χ0v) is 9.08. The van der Waals surface area contributed by atoms with Gasteiger partial charge in [0.2, 0.25) is 5.91 Å². The summed E-state index contributed by atoms with van der Waals surface area (Å²) in [5.74, 6) is 0.417. The Morgan fingerprint density at radius 1 is 1.64 bits per heavy atom. The second kappa shape index (κ2) is 5.98. The maximum Gasteiger partial charge on any atom is 0.226 e. The van der Waals surface area contributed by atoms with Crippen LogP contribution in [0.25, 0.3) is 0 Å². The monoisotopic (exact) mass is 200 g/mol. The lowest BCUT2D eigenvalue weighted by molar-refractivity contribution is -0.135. The molecule has 1 N–H and O–H groups in total. The van der Waals surface area contributed by atoms with Crippen molar-refractivity contribution >= 4 is 5.91 Å². The van der Waals surface area contributed by atoms with Crippen molar-refractivity contribution in [3.63, 3.8) is 0 Å². The number of likely N-dealkylation sites (N-methyl/N-ethyl adjacent to an activating group) is 1. The minimum Gasteiger partial charge on any atom is -0.383 e. The number of hydrogen-bond donors (Lipinski definition) is 1. The molecule has 1 aliphatic rings.